The molecule has 1 aliphatic carbocycles. The monoisotopic (exact) mass is 356 g/mol. The lowest BCUT2D eigenvalue weighted by Gasteiger charge is -2.23. The van der Waals surface area contributed by atoms with E-state index in [0.717, 1.165) is 29.7 Å². The molecule has 26 heavy (non-hydrogen) atoms. The first-order valence-electron chi connectivity index (χ1n) is 9.06. The first-order chi connectivity index (χ1) is 12.5. The summed E-state index contributed by atoms with van der Waals surface area (Å²) in [6.45, 7) is 4.91. The van der Waals surface area contributed by atoms with E-state index in [1.165, 1.54) is 12.1 Å². The van der Waals surface area contributed by atoms with Gasteiger partial charge in [-0.2, -0.15) is 0 Å². The quantitative estimate of drug-likeness (QED) is 0.794. The van der Waals surface area contributed by atoms with E-state index in [0.29, 0.717) is 13.1 Å². The third kappa shape index (κ3) is 5.22. The van der Waals surface area contributed by atoms with Gasteiger partial charge in [-0.25, -0.2) is 9.18 Å². The van der Waals surface area contributed by atoms with Gasteiger partial charge in [-0.3, -0.25) is 0 Å². The van der Waals surface area contributed by atoms with Crippen LogP contribution in [0.2, 0.25) is 0 Å². The van der Waals surface area contributed by atoms with Crippen molar-refractivity contribution >= 4 is 6.03 Å². The highest BCUT2D eigenvalue weighted by atomic mass is 19.1. The van der Waals surface area contributed by atoms with Crippen LogP contribution >= 0.6 is 0 Å². The Labute approximate surface area is 154 Å². The number of urea groups is 1. The molecule has 0 heterocycles. The minimum absolute atomic E-state index is 0.0907. The zero-order valence-corrected chi connectivity index (χ0v) is 15.2. The van der Waals surface area contributed by atoms with Crippen molar-refractivity contribution in [3.63, 3.8) is 0 Å². The van der Waals surface area contributed by atoms with Crippen LogP contribution in [0.25, 0.3) is 0 Å². The van der Waals surface area contributed by atoms with Crippen LogP contribution in [0.3, 0.4) is 0 Å². The van der Waals surface area contributed by atoms with E-state index in [2.05, 4.69) is 5.32 Å². The summed E-state index contributed by atoms with van der Waals surface area (Å²) in [5, 5.41) is 2.99. The SMILES string of the molecule is CC(C)Oc1cccc(CNC(=O)N(Cc2ccc(F)cc2)C2CC2)c1. The first kappa shape index (κ1) is 18.2. The summed E-state index contributed by atoms with van der Waals surface area (Å²) < 4.78 is 18.8. The molecule has 5 heteroatoms. The van der Waals surface area contributed by atoms with Crippen molar-refractivity contribution in [3.8, 4) is 5.75 Å². The van der Waals surface area contributed by atoms with E-state index < -0.39 is 0 Å². The topological polar surface area (TPSA) is 41.6 Å². The molecule has 1 saturated carbocycles. The number of benzene rings is 2. The molecule has 1 N–H and O–H groups in total. The Kier molecular flexibility index (Phi) is 5.76. The molecule has 138 valence electrons. The molecule has 0 saturated heterocycles. The summed E-state index contributed by atoms with van der Waals surface area (Å²) in [4.78, 5) is 14.5. The van der Waals surface area contributed by atoms with Crippen molar-refractivity contribution < 1.29 is 13.9 Å². The van der Waals surface area contributed by atoms with E-state index in [1.54, 1.807) is 12.1 Å². The largest absolute Gasteiger partial charge is 0.491 e. The van der Waals surface area contributed by atoms with Crippen LogP contribution in [0.1, 0.15) is 37.8 Å². The maximum Gasteiger partial charge on any atom is 0.318 e. The predicted molar refractivity (Wildman–Crippen MR) is 99.4 cm³/mol. The van der Waals surface area contributed by atoms with Gasteiger partial charge in [0.15, 0.2) is 0 Å². The fourth-order valence-electron chi connectivity index (χ4n) is 2.82. The molecule has 0 unspecified atom stereocenters. The third-order valence-electron chi connectivity index (χ3n) is 4.23. The lowest BCUT2D eigenvalue weighted by atomic mass is 10.2. The maximum absolute atomic E-state index is 13.1. The standard InChI is InChI=1S/C21H25FN2O2/c1-15(2)26-20-5-3-4-17(12-20)13-23-21(25)24(19-10-11-19)14-16-6-8-18(22)9-7-16/h3-9,12,15,19H,10-11,13-14H2,1-2H3,(H,23,25). The number of carbonyl (C=O) groups is 1. The molecule has 4 nitrogen and oxygen atoms in total. The van der Waals surface area contributed by atoms with Crippen LogP contribution in [0.5, 0.6) is 5.75 Å². The van der Waals surface area contributed by atoms with E-state index in [1.807, 2.05) is 43.0 Å². The number of nitrogens with zero attached hydrogens (tertiary/aromatic N) is 1. The molecule has 1 fully saturated rings. The van der Waals surface area contributed by atoms with Crippen LogP contribution in [-0.4, -0.2) is 23.1 Å². The molecule has 0 aliphatic heterocycles. The number of rotatable bonds is 7. The van der Waals surface area contributed by atoms with Gasteiger partial charge in [0.2, 0.25) is 0 Å². The van der Waals surface area contributed by atoms with Gasteiger partial charge < -0.3 is 15.0 Å². The highest BCUT2D eigenvalue weighted by Crippen LogP contribution is 2.28. The molecule has 3 rings (SSSR count). The average molecular weight is 356 g/mol. The van der Waals surface area contributed by atoms with Crippen LogP contribution < -0.4 is 10.1 Å². The Balaban J connectivity index is 1.59. The van der Waals surface area contributed by atoms with E-state index >= 15 is 0 Å². The number of amides is 2. The van der Waals surface area contributed by atoms with Gasteiger partial charge in [0.25, 0.3) is 0 Å². The summed E-state index contributed by atoms with van der Waals surface area (Å²) in [6, 6.07) is 14.2. The summed E-state index contributed by atoms with van der Waals surface area (Å²) in [5.74, 6) is 0.539. The lowest BCUT2D eigenvalue weighted by molar-refractivity contribution is 0.191. The summed E-state index contributed by atoms with van der Waals surface area (Å²) in [5.41, 5.74) is 1.93. The minimum atomic E-state index is -0.264. The molecule has 0 atom stereocenters. The van der Waals surface area contributed by atoms with Crippen LogP contribution in [0.4, 0.5) is 9.18 Å². The van der Waals surface area contributed by atoms with Crippen molar-refractivity contribution in [2.24, 2.45) is 0 Å². The highest BCUT2D eigenvalue weighted by molar-refractivity contribution is 5.75. The number of nitrogens with one attached hydrogen (secondary N) is 1. The van der Waals surface area contributed by atoms with E-state index in [-0.39, 0.29) is 24.0 Å². The molecule has 2 aromatic rings. The summed E-state index contributed by atoms with van der Waals surface area (Å²) in [6.07, 6.45) is 2.15. The van der Waals surface area contributed by atoms with E-state index in [4.69, 9.17) is 4.74 Å². The molecule has 0 aromatic heterocycles. The lowest BCUT2D eigenvalue weighted by Crippen LogP contribution is -2.40. The number of carbonyl (C=O) groups excluding carboxylic acids is 1. The number of ether oxygens (including phenoxy) is 1. The van der Waals surface area contributed by atoms with Crippen LogP contribution in [-0.2, 0) is 13.1 Å². The molecule has 0 bridgehead atoms. The molecular formula is C21H25FN2O2. The normalized spacial score (nSPS) is 13.5. The fraction of sp³-hybridized carbons (Fsp3) is 0.381. The van der Waals surface area contributed by atoms with Crippen molar-refractivity contribution in [1.29, 1.82) is 0 Å². The molecular weight excluding hydrogens is 331 g/mol. The number of halogens is 1. The van der Waals surface area contributed by atoms with Crippen molar-refractivity contribution in [2.75, 3.05) is 0 Å². The molecule has 0 spiro atoms. The zero-order chi connectivity index (χ0) is 18.5. The number of hydrogen-bond donors (Lipinski definition) is 1. The number of hydrogen-bond acceptors (Lipinski definition) is 2. The van der Waals surface area contributed by atoms with Gasteiger partial charge in [0, 0.05) is 19.1 Å². The van der Waals surface area contributed by atoms with Crippen molar-refractivity contribution in [3.05, 3.63) is 65.5 Å². The van der Waals surface area contributed by atoms with Gasteiger partial charge in [-0.05, 0) is 62.1 Å². The second-order valence-electron chi connectivity index (χ2n) is 6.96. The summed E-state index contributed by atoms with van der Waals surface area (Å²) in [7, 11) is 0. The molecule has 2 aromatic carbocycles. The smallest absolute Gasteiger partial charge is 0.318 e. The first-order valence-corrected chi connectivity index (χ1v) is 9.06. The Morgan fingerprint density at radius 3 is 2.58 bits per heavy atom. The Morgan fingerprint density at radius 1 is 1.19 bits per heavy atom. The van der Waals surface area contributed by atoms with Gasteiger partial charge in [-0.15, -0.1) is 0 Å². The van der Waals surface area contributed by atoms with Gasteiger partial charge >= 0.3 is 6.03 Å². The molecule has 0 radical (unpaired) electrons. The Morgan fingerprint density at radius 2 is 1.92 bits per heavy atom. The van der Waals surface area contributed by atoms with Crippen molar-refractivity contribution in [1.82, 2.24) is 10.2 Å². The Hall–Kier alpha value is -2.56. The van der Waals surface area contributed by atoms with Gasteiger partial charge in [-0.1, -0.05) is 24.3 Å². The summed E-state index contributed by atoms with van der Waals surface area (Å²) >= 11 is 0. The second-order valence-corrected chi connectivity index (χ2v) is 6.96. The average Bonchev–Trinajstić information content (AvgIpc) is 3.44. The fourth-order valence-corrected chi connectivity index (χ4v) is 2.82. The zero-order valence-electron chi connectivity index (χ0n) is 15.2. The van der Waals surface area contributed by atoms with Crippen LogP contribution in [0.15, 0.2) is 48.5 Å². The molecule has 2 amide bonds. The van der Waals surface area contributed by atoms with E-state index in [9.17, 15) is 9.18 Å². The van der Waals surface area contributed by atoms with Gasteiger partial charge in [0.05, 0.1) is 6.10 Å². The second kappa shape index (κ2) is 8.21. The van der Waals surface area contributed by atoms with Crippen molar-refractivity contribution in [2.45, 2.75) is 51.9 Å². The highest BCUT2D eigenvalue weighted by Gasteiger charge is 2.32. The Bertz CT molecular complexity index is 742. The minimum Gasteiger partial charge on any atom is -0.491 e. The van der Waals surface area contributed by atoms with Crippen LogP contribution in [0, 0.1) is 5.82 Å². The predicted octanol–water partition coefficient (Wildman–Crippen LogP) is 4.49. The molecule has 1 aliphatic rings. The van der Waals surface area contributed by atoms with Gasteiger partial charge in [0.1, 0.15) is 11.6 Å². The third-order valence-corrected chi connectivity index (χ3v) is 4.23. The maximum atomic E-state index is 13.1.